The van der Waals surface area contributed by atoms with Crippen LogP contribution in [0.3, 0.4) is 0 Å². The van der Waals surface area contributed by atoms with E-state index in [0.29, 0.717) is 0 Å². The monoisotopic (exact) mass is 131 g/mol. The lowest BCUT2D eigenvalue weighted by Gasteiger charge is -1.96. The van der Waals surface area contributed by atoms with Crippen LogP contribution < -0.4 is 0 Å². The van der Waals surface area contributed by atoms with Crippen LogP contribution in [0.4, 0.5) is 8.78 Å². The van der Waals surface area contributed by atoms with E-state index in [-0.39, 0.29) is 12.8 Å². The fraction of sp³-hybridized carbons (Fsp3) is 0.833. The van der Waals surface area contributed by atoms with Crippen molar-refractivity contribution in [1.82, 2.24) is 0 Å². The van der Waals surface area contributed by atoms with E-state index in [9.17, 15) is 8.78 Å². The summed E-state index contributed by atoms with van der Waals surface area (Å²) in [5, 5.41) is 8.22. The van der Waals surface area contributed by atoms with Gasteiger partial charge in [-0.3, -0.25) is 0 Å². The second-order valence-corrected chi connectivity index (χ2v) is 2.33. The van der Waals surface area contributed by atoms with Crippen LogP contribution >= 0.6 is 0 Å². The minimum Gasteiger partial charge on any atom is -0.244 e. The van der Waals surface area contributed by atoms with E-state index >= 15 is 0 Å². The smallest absolute Gasteiger partial charge is 0.132 e. The summed E-state index contributed by atoms with van der Waals surface area (Å²) < 4.78 is 24.5. The Balaban J connectivity index is 2.46. The van der Waals surface area contributed by atoms with Gasteiger partial charge in [-0.2, -0.15) is 5.26 Å². The molecule has 1 saturated carbocycles. The molecule has 0 radical (unpaired) electrons. The lowest BCUT2D eigenvalue weighted by molar-refractivity contribution is 0.199. The average molecular weight is 131 g/mol. The van der Waals surface area contributed by atoms with Gasteiger partial charge >= 0.3 is 0 Å². The third-order valence-corrected chi connectivity index (χ3v) is 1.59. The van der Waals surface area contributed by atoms with Crippen molar-refractivity contribution in [2.45, 2.75) is 25.2 Å². The maximum atomic E-state index is 12.2. The van der Waals surface area contributed by atoms with Crippen molar-refractivity contribution >= 4 is 0 Å². The topological polar surface area (TPSA) is 23.8 Å². The van der Waals surface area contributed by atoms with E-state index in [1.165, 1.54) is 0 Å². The van der Waals surface area contributed by atoms with E-state index in [1.54, 1.807) is 0 Å². The molecule has 0 N–H and O–H groups in total. The van der Waals surface area contributed by atoms with Crippen LogP contribution in [0, 0.1) is 17.2 Å². The number of alkyl halides is 2. The van der Waals surface area contributed by atoms with Gasteiger partial charge in [-0.05, 0) is 12.8 Å². The summed E-state index contributed by atoms with van der Waals surface area (Å²) in [6.07, 6.45) is -2.63. The van der Waals surface area contributed by atoms with Gasteiger partial charge in [-0.15, -0.1) is 0 Å². The number of hydrogen-bond donors (Lipinski definition) is 0. The molecule has 1 aliphatic rings. The summed E-state index contributed by atoms with van der Waals surface area (Å²) in [4.78, 5) is 0. The fourth-order valence-corrected chi connectivity index (χ4v) is 1.04. The summed E-state index contributed by atoms with van der Waals surface area (Å²) in [6.45, 7) is 0. The highest BCUT2D eigenvalue weighted by Crippen LogP contribution is 2.29. The average Bonchev–Trinajstić information content (AvgIpc) is 2.13. The number of halogens is 2. The maximum Gasteiger partial charge on any atom is 0.132 e. The molecule has 3 atom stereocenters. The predicted molar refractivity (Wildman–Crippen MR) is 28.1 cm³/mol. The van der Waals surface area contributed by atoms with Gasteiger partial charge in [0.25, 0.3) is 0 Å². The van der Waals surface area contributed by atoms with Crippen molar-refractivity contribution in [3.05, 3.63) is 0 Å². The fourth-order valence-electron chi connectivity index (χ4n) is 1.04. The van der Waals surface area contributed by atoms with Crippen LogP contribution in [0.2, 0.25) is 0 Å². The molecule has 0 heterocycles. The van der Waals surface area contributed by atoms with Gasteiger partial charge in [-0.1, -0.05) is 0 Å². The SMILES string of the molecule is N#CC1C[C@@H](F)[C@@H](F)C1. The minimum atomic E-state index is -1.39. The summed E-state index contributed by atoms with van der Waals surface area (Å²) in [5.74, 6) is -0.394. The number of nitriles is 1. The van der Waals surface area contributed by atoms with Crippen LogP contribution in [-0.4, -0.2) is 12.3 Å². The highest BCUT2D eigenvalue weighted by atomic mass is 19.2. The van der Waals surface area contributed by atoms with Crippen molar-refractivity contribution in [2.24, 2.45) is 5.92 Å². The zero-order valence-corrected chi connectivity index (χ0v) is 4.85. The first kappa shape index (κ1) is 6.47. The lowest BCUT2D eigenvalue weighted by Crippen LogP contribution is -2.06. The van der Waals surface area contributed by atoms with Gasteiger partial charge in [0.1, 0.15) is 12.3 Å². The Bertz CT molecular complexity index is 130. The summed E-state index contributed by atoms with van der Waals surface area (Å²) >= 11 is 0. The van der Waals surface area contributed by atoms with E-state index in [2.05, 4.69) is 0 Å². The molecular weight excluding hydrogens is 124 g/mol. The number of nitrogens with zero attached hydrogens (tertiary/aromatic N) is 1. The second kappa shape index (κ2) is 2.30. The molecule has 0 aromatic heterocycles. The molecule has 50 valence electrons. The Morgan fingerprint density at radius 1 is 1.22 bits per heavy atom. The number of hydrogen-bond acceptors (Lipinski definition) is 1. The Morgan fingerprint density at radius 2 is 1.67 bits per heavy atom. The molecule has 1 rings (SSSR count). The molecule has 3 heteroatoms. The molecule has 0 aliphatic heterocycles. The molecule has 9 heavy (non-hydrogen) atoms. The quantitative estimate of drug-likeness (QED) is 0.489. The first-order valence-electron chi connectivity index (χ1n) is 2.92. The summed E-state index contributed by atoms with van der Waals surface area (Å²) in [6, 6.07) is 1.84. The zero-order valence-electron chi connectivity index (χ0n) is 4.85. The third-order valence-electron chi connectivity index (χ3n) is 1.59. The number of rotatable bonds is 0. The van der Waals surface area contributed by atoms with Gasteiger partial charge in [0.2, 0.25) is 0 Å². The minimum absolute atomic E-state index is 0.0810. The maximum absolute atomic E-state index is 12.2. The standard InChI is InChI=1S/C6H7F2N/c7-5-1-4(3-9)2-6(5)8/h4-6H,1-2H2/t4?,5-,6+. The normalized spacial score (nSPS) is 42.6. The third kappa shape index (κ3) is 1.18. The van der Waals surface area contributed by atoms with Gasteiger partial charge in [0.15, 0.2) is 0 Å². The highest BCUT2D eigenvalue weighted by molar-refractivity contribution is 4.94. The van der Waals surface area contributed by atoms with Gasteiger partial charge in [0.05, 0.1) is 12.0 Å². The molecule has 1 unspecified atom stereocenters. The molecule has 0 aromatic rings. The van der Waals surface area contributed by atoms with Crippen LogP contribution in [0.1, 0.15) is 12.8 Å². The van der Waals surface area contributed by atoms with Crippen LogP contribution in [0.5, 0.6) is 0 Å². The molecule has 1 fully saturated rings. The second-order valence-electron chi connectivity index (χ2n) is 2.33. The van der Waals surface area contributed by atoms with Gasteiger partial charge in [0, 0.05) is 0 Å². The van der Waals surface area contributed by atoms with Crippen molar-refractivity contribution in [2.75, 3.05) is 0 Å². The Kier molecular flexibility index (Phi) is 1.65. The zero-order chi connectivity index (χ0) is 6.85. The van der Waals surface area contributed by atoms with Crippen LogP contribution in [0.15, 0.2) is 0 Å². The Hall–Kier alpha value is -0.650. The molecule has 0 bridgehead atoms. The van der Waals surface area contributed by atoms with E-state index in [0.717, 1.165) is 0 Å². The van der Waals surface area contributed by atoms with Crippen molar-refractivity contribution in [3.63, 3.8) is 0 Å². The van der Waals surface area contributed by atoms with Gasteiger partial charge < -0.3 is 0 Å². The van der Waals surface area contributed by atoms with E-state index < -0.39 is 18.3 Å². The highest BCUT2D eigenvalue weighted by Gasteiger charge is 2.34. The first-order valence-corrected chi connectivity index (χ1v) is 2.92. The first-order chi connectivity index (χ1) is 4.24. The molecule has 1 aliphatic carbocycles. The lowest BCUT2D eigenvalue weighted by atomic mass is 10.1. The molecule has 0 aromatic carbocycles. The molecule has 0 saturated heterocycles. The van der Waals surface area contributed by atoms with Crippen molar-refractivity contribution < 1.29 is 8.78 Å². The molecule has 1 nitrogen and oxygen atoms in total. The Morgan fingerprint density at radius 3 is 1.89 bits per heavy atom. The molecule has 0 amide bonds. The van der Waals surface area contributed by atoms with E-state index in [1.807, 2.05) is 6.07 Å². The summed E-state index contributed by atoms with van der Waals surface area (Å²) in [5.41, 5.74) is 0. The largest absolute Gasteiger partial charge is 0.244 e. The van der Waals surface area contributed by atoms with Crippen LogP contribution in [-0.2, 0) is 0 Å². The van der Waals surface area contributed by atoms with Crippen molar-refractivity contribution in [1.29, 1.82) is 5.26 Å². The van der Waals surface area contributed by atoms with Crippen molar-refractivity contribution in [3.8, 4) is 6.07 Å². The van der Waals surface area contributed by atoms with Gasteiger partial charge in [-0.25, -0.2) is 8.78 Å². The molecule has 0 spiro atoms. The van der Waals surface area contributed by atoms with Crippen LogP contribution in [0.25, 0.3) is 0 Å². The predicted octanol–water partition coefficient (Wildman–Crippen LogP) is 1.60. The molecular formula is C6H7F2N. The summed E-state index contributed by atoms with van der Waals surface area (Å²) in [7, 11) is 0. The van der Waals surface area contributed by atoms with E-state index in [4.69, 9.17) is 5.26 Å². The Labute approximate surface area is 52.3 Å².